The van der Waals surface area contributed by atoms with Crippen molar-refractivity contribution in [3.8, 4) is 0 Å². The molecule has 0 bridgehead atoms. The Labute approximate surface area is 130 Å². The number of aryl methyl sites for hydroxylation is 1. The van der Waals surface area contributed by atoms with Gasteiger partial charge in [-0.15, -0.1) is 0 Å². The molecule has 1 amide bonds. The number of aromatic nitrogens is 2. The van der Waals surface area contributed by atoms with Crippen molar-refractivity contribution in [3.63, 3.8) is 0 Å². The molecule has 1 aromatic heterocycles. The minimum atomic E-state index is -4.49. The second-order valence-electron chi connectivity index (χ2n) is 4.99. The van der Waals surface area contributed by atoms with Gasteiger partial charge in [0.1, 0.15) is 5.69 Å². The summed E-state index contributed by atoms with van der Waals surface area (Å²) in [7, 11) is 0. The van der Waals surface area contributed by atoms with Gasteiger partial charge in [-0.05, 0) is 19.2 Å². The number of amides is 1. The van der Waals surface area contributed by atoms with Crippen LogP contribution in [0, 0.1) is 6.92 Å². The third-order valence-electron chi connectivity index (χ3n) is 3.32. The van der Waals surface area contributed by atoms with Gasteiger partial charge < -0.3 is 9.80 Å². The van der Waals surface area contributed by atoms with Gasteiger partial charge in [-0.1, -0.05) is 0 Å². The normalized spacial score (nSPS) is 16.0. The SMILES string of the molecule is CSCC(=O)N1CCN(c2nc(C)cc(C(F)(F)F)n2)CC1. The summed E-state index contributed by atoms with van der Waals surface area (Å²) in [6.07, 6.45) is -2.63. The van der Waals surface area contributed by atoms with E-state index in [1.165, 1.54) is 18.7 Å². The highest BCUT2D eigenvalue weighted by Gasteiger charge is 2.34. The molecule has 22 heavy (non-hydrogen) atoms. The molecule has 0 saturated carbocycles. The van der Waals surface area contributed by atoms with Crippen molar-refractivity contribution in [1.29, 1.82) is 0 Å². The maximum Gasteiger partial charge on any atom is 0.433 e. The molecule has 1 saturated heterocycles. The number of nitrogens with zero attached hydrogens (tertiary/aromatic N) is 4. The lowest BCUT2D eigenvalue weighted by Crippen LogP contribution is -2.49. The zero-order chi connectivity index (χ0) is 16.3. The Kier molecular flexibility index (Phi) is 5.15. The largest absolute Gasteiger partial charge is 0.433 e. The highest BCUT2D eigenvalue weighted by Crippen LogP contribution is 2.29. The van der Waals surface area contributed by atoms with Gasteiger partial charge in [0.15, 0.2) is 0 Å². The molecule has 0 unspecified atom stereocenters. The van der Waals surface area contributed by atoms with E-state index in [0.717, 1.165) is 6.07 Å². The second kappa shape index (κ2) is 6.72. The zero-order valence-corrected chi connectivity index (χ0v) is 13.2. The lowest BCUT2D eigenvalue weighted by molar-refractivity contribution is -0.141. The van der Waals surface area contributed by atoms with Gasteiger partial charge in [0, 0.05) is 31.9 Å². The summed E-state index contributed by atoms with van der Waals surface area (Å²) in [4.78, 5) is 22.9. The summed E-state index contributed by atoms with van der Waals surface area (Å²) in [6, 6.07) is 0.932. The Morgan fingerprint density at radius 3 is 2.45 bits per heavy atom. The molecule has 0 radical (unpaired) electrons. The fourth-order valence-electron chi connectivity index (χ4n) is 2.21. The smallest absolute Gasteiger partial charge is 0.338 e. The Hall–Kier alpha value is -1.51. The quantitative estimate of drug-likeness (QED) is 0.844. The summed E-state index contributed by atoms with van der Waals surface area (Å²) in [5.41, 5.74) is -0.658. The lowest BCUT2D eigenvalue weighted by Gasteiger charge is -2.35. The minimum Gasteiger partial charge on any atom is -0.338 e. The van der Waals surface area contributed by atoms with Crippen LogP contribution < -0.4 is 4.90 Å². The Bertz CT molecular complexity index is 545. The number of alkyl halides is 3. The van der Waals surface area contributed by atoms with Crippen molar-refractivity contribution in [2.24, 2.45) is 0 Å². The number of hydrogen-bond donors (Lipinski definition) is 0. The third-order valence-corrected chi connectivity index (χ3v) is 3.85. The molecule has 2 rings (SSSR count). The highest BCUT2D eigenvalue weighted by molar-refractivity contribution is 7.99. The van der Waals surface area contributed by atoms with Crippen molar-refractivity contribution in [3.05, 3.63) is 17.5 Å². The van der Waals surface area contributed by atoms with E-state index in [4.69, 9.17) is 0 Å². The van der Waals surface area contributed by atoms with Crippen molar-refractivity contribution in [2.45, 2.75) is 13.1 Å². The lowest BCUT2D eigenvalue weighted by atomic mass is 10.3. The number of carbonyl (C=O) groups excluding carboxylic acids is 1. The van der Waals surface area contributed by atoms with Crippen LogP contribution in [0.3, 0.4) is 0 Å². The average Bonchev–Trinajstić information content (AvgIpc) is 2.46. The summed E-state index contributed by atoms with van der Waals surface area (Å²) in [5.74, 6) is 0.539. The second-order valence-corrected chi connectivity index (χ2v) is 5.86. The van der Waals surface area contributed by atoms with Gasteiger partial charge in [0.2, 0.25) is 11.9 Å². The fraction of sp³-hybridized carbons (Fsp3) is 0.615. The molecule has 0 aromatic carbocycles. The van der Waals surface area contributed by atoms with Gasteiger partial charge in [-0.25, -0.2) is 9.97 Å². The van der Waals surface area contributed by atoms with E-state index in [1.807, 2.05) is 6.26 Å². The topological polar surface area (TPSA) is 49.3 Å². The van der Waals surface area contributed by atoms with E-state index in [1.54, 1.807) is 9.80 Å². The van der Waals surface area contributed by atoms with E-state index >= 15 is 0 Å². The summed E-state index contributed by atoms with van der Waals surface area (Å²) >= 11 is 1.45. The van der Waals surface area contributed by atoms with E-state index in [-0.39, 0.29) is 17.5 Å². The van der Waals surface area contributed by atoms with E-state index in [9.17, 15) is 18.0 Å². The van der Waals surface area contributed by atoms with E-state index < -0.39 is 11.9 Å². The average molecular weight is 334 g/mol. The number of rotatable bonds is 3. The standard InChI is InChI=1S/C13H17F3N4OS/c1-9-7-10(13(14,15)16)18-12(17-9)20-5-3-19(4-6-20)11(21)8-22-2/h7H,3-6,8H2,1-2H3. The van der Waals surface area contributed by atoms with Crippen molar-refractivity contribution >= 4 is 23.6 Å². The zero-order valence-electron chi connectivity index (χ0n) is 12.4. The number of halogens is 3. The summed E-state index contributed by atoms with van der Waals surface area (Å²) in [6.45, 7) is 3.32. The van der Waals surface area contributed by atoms with Crippen LogP contribution in [0.2, 0.25) is 0 Å². The van der Waals surface area contributed by atoms with Crippen LogP contribution in [-0.2, 0) is 11.0 Å². The number of hydrogen-bond acceptors (Lipinski definition) is 5. The van der Waals surface area contributed by atoms with Crippen molar-refractivity contribution in [1.82, 2.24) is 14.9 Å². The molecular formula is C13H17F3N4OS. The number of thioether (sulfide) groups is 1. The molecule has 122 valence electrons. The van der Waals surface area contributed by atoms with Crippen molar-refractivity contribution in [2.75, 3.05) is 43.1 Å². The van der Waals surface area contributed by atoms with Crippen LogP contribution >= 0.6 is 11.8 Å². The molecule has 0 spiro atoms. The molecule has 0 aliphatic carbocycles. The molecule has 1 aliphatic heterocycles. The van der Waals surface area contributed by atoms with Gasteiger partial charge in [-0.3, -0.25) is 4.79 Å². The number of anilines is 1. The summed E-state index contributed by atoms with van der Waals surface area (Å²) in [5, 5.41) is 0. The van der Waals surface area contributed by atoms with Gasteiger partial charge in [0.25, 0.3) is 0 Å². The van der Waals surface area contributed by atoms with E-state index in [0.29, 0.717) is 31.9 Å². The van der Waals surface area contributed by atoms with Gasteiger partial charge >= 0.3 is 6.18 Å². The van der Waals surface area contributed by atoms with Crippen LogP contribution in [-0.4, -0.2) is 59.0 Å². The van der Waals surface area contributed by atoms with Crippen LogP contribution in [0.4, 0.5) is 19.1 Å². The van der Waals surface area contributed by atoms with Gasteiger partial charge in [0.05, 0.1) is 5.75 Å². The monoisotopic (exact) mass is 334 g/mol. The third kappa shape index (κ3) is 4.02. The first-order valence-electron chi connectivity index (χ1n) is 6.76. The Balaban J connectivity index is 2.08. The van der Waals surface area contributed by atoms with Crippen LogP contribution in [0.25, 0.3) is 0 Å². The highest BCUT2D eigenvalue weighted by atomic mass is 32.2. The van der Waals surface area contributed by atoms with Crippen LogP contribution in [0.5, 0.6) is 0 Å². The van der Waals surface area contributed by atoms with E-state index in [2.05, 4.69) is 9.97 Å². The molecular weight excluding hydrogens is 317 g/mol. The number of piperazine rings is 1. The molecule has 1 aromatic rings. The first kappa shape index (κ1) is 16.9. The molecule has 9 heteroatoms. The molecule has 5 nitrogen and oxygen atoms in total. The minimum absolute atomic E-state index is 0.0493. The van der Waals surface area contributed by atoms with Crippen molar-refractivity contribution < 1.29 is 18.0 Å². The first-order valence-corrected chi connectivity index (χ1v) is 8.15. The predicted octanol–water partition coefficient (Wildman–Crippen LogP) is 1.82. The predicted molar refractivity (Wildman–Crippen MR) is 78.9 cm³/mol. The Morgan fingerprint density at radius 1 is 1.27 bits per heavy atom. The van der Waals surface area contributed by atoms with Gasteiger partial charge in [-0.2, -0.15) is 24.9 Å². The fourth-order valence-corrected chi connectivity index (χ4v) is 2.64. The molecule has 1 fully saturated rings. The first-order chi connectivity index (χ1) is 10.3. The maximum atomic E-state index is 12.8. The number of carbonyl (C=O) groups is 1. The molecule has 0 atom stereocenters. The van der Waals surface area contributed by atoms with Crippen LogP contribution in [0.1, 0.15) is 11.4 Å². The maximum absolute atomic E-state index is 12.8. The van der Waals surface area contributed by atoms with Crippen LogP contribution in [0.15, 0.2) is 6.07 Å². The molecule has 1 aliphatic rings. The molecule has 0 N–H and O–H groups in total. The summed E-state index contributed by atoms with van der Waals surface area (Å²) < 4.78 is 38.4. The Morgan fingerprint density at radius 2 is 1.91 bits per heavy atom. The molecule has 2 heterocycles.